The van der Waals surface area contributed by atoms with Crippen LogP contribution in [0.2, 0.25) is 0 Å². The third-order valence-electron chi connectivity index (χ3n) is 7.82. The Kier molecular flexibility index (Phi) is 6.01. The monoisotopic (exact) mass is 548 g/mol. The van der Waals surface area contributed by atoms with Crippen LogP contribution in [-0.4, -0.2) is 25.7 Å². The summed E-state index contributed by atoms with van der Waals surface area (Å²) in [5.41, 5.74) is 10.2. The smallest absolute Gasteiger partial charge is 0.189 e. The summed E-state index contributed by atoms with van der Waals surface area (Å²) in [5.74, 6) is 2.30. The van der Waals surface area contributed by atoms with E-state index in [-0.39, 0.29) is 5.78 Å². The van der Waals surface area contributed by atoms with Crippen LogP contribution in [-0.2, 0) is 0 Å². The Morgan fingerprint density at radius 2 is 1.21 bits per heavy atom. The van der Waals surface area contributed by atoms with E-state index >= 15 is 0 Å². The maximum absolute atomic E-state index is 12.5. The van der Waals surface area contributed by atoms with Gasteiger partial charge in [-0.05, 0) is 86.4 Å². The van der Waals surface area contributed by atoms with Crippen molar-refractivity contribution in [2.45, 2.75) is 27.7 Å². The lowest BCUT2D eigenvalue weighted by atomic mass is 9.97. The number of para-hydroxylation sites is 4. The molecule has 7 nitrogen and oxygen atoms in total. The average Bonchev–Trinajstić information content (AvgIpc) is 3.28. The maximum Gasteiger partial charge on any atom is 0.189 e. The molecular formula is C35H28N6O. The minimum Gasteiger partial charge on any atom is -0.289 e. The van der Waals surface area contributed by atoms with Crippen molar-refractivity contribution in [2.24, 2.45) is 0 Å². The van der Waals surface area contributed by atoms with Crippen molar-refractivity contribution in [1.29, 1.82) is 0 Å². The first kappa shape index (κ1) is 25.5. The first-order chi connectivity index (χ1) is 20.4. The summed E-state index contributed by atoms with van der Waals surface area (Å²) in [4.78, 5) is 35.9. The lowest BCUT2D eigenvalue weighted by molar-refractivity contribution is 0.104. The SMILES string of the molecule is Cc1cccc(C)c1N1C(=C/C=C2/C=CC(=O)c3cncnc32)N(c2c(C)cccc2C)c2nc3ccccc3nc21. The van der Waals surface area contributed by atoms with E-state index in [1.165, 1.54) is 6.33 Å². The van der Waals surface area contributed by atoms with Crippen molar-refractivity contribution in [1.82, 2.24) is 19.9 Å². The molecule has 7 heteroatoms. The second-order valence-electron chi connectivity index (χ2n) is 10.6. The molecule has 0 N–H and O–H groups in total. The van der Waals surface area contributed by atoms with Crippen LogP contribution >= 0.6 is 0 Å². The molecule has 0 unspecified atom stereocenters. The molecule has 0 radical (unpaired) electrons. The van der Waals surface area contributed by atoms with Crippen LogP contribution < -0.4 is 9.80 Å². The van der Waals surface area contributed by atoms with E-state index in [1.54, 1.807) is 12.3 Å². The Bertz CT molecular complexity index is 1880. The first-order valence-corrected chi connectivity index (χ1v) is 13.9. The number of nitrogens with zero attached hydrogens (tertiary/aromatic N) is 6. The Labute approximate surface area is 244 Å². The van der Waals surface area contributed by atoms with Gasteiger partial charge in [0.2, 0.25) is 0 Å². The van der Waals surface area contributed by atoms with Gasteiger partial charge in [0.1, 0.15) is 12.1 Å². The Hall–Kier alpha value is -5.43. The Morgan fingerprint density at radius 1 is 0.667 bits per heavy atom. The zero-order chi connectivity index (χ0) is 29.0. The number of aromatic nitrogens is 4. The number of benzene rings is 3. The van der Waals surface area contributed by atoms with Crippen molar-refractivity contribution >= 4 is 45.4 Å². The van der Waals surface area contributed by atoms with Gasteiger partial charge in [-0.2, -0.15) is 0 Å². The van der Waals surface area contributed by atoms with E-state index in [0.717, 1.165) is 67.7 Å². The molecule has 1 aliphatic heterocycles. The normalized spacial score (nSPS) is 15.0. The topological polar surface area (TPSA) is 75.1 Å². The number of allylic oxidation sites excluding steroid dienone is 5. The highest BCUT2D eigenvalue weighted by Crippen LogP contribution is 2.51. The summed E-state index contributed by atoms with van der Waals surface area (Å²) in [7, 11) is 0. The van der Waals surface area contributed by atoms with Crippen molar-refractivity contribution < 1.29 is 4.79 Å². The molecule has 42 heavy (non-hydrogen) atoms. The van der Waals surface area contributed by atoms with Gasteiger partial charge < -0.3 is 0 Å². The number of hydrogen-bond acceptors (Lipinski definition) is 7. The zero-order valence-electron chi connectivity index (χ0n) is 23.8. The highest BCUT2D eigenvalue weighted by molar-refractivity contribution is 6.11. The Balaban J connectivity index is 1.55. The van der Waals surface area contributed by atoms with Gasteiger partial charge in [0.05, 0.1) is 33.7 Å². The second-order valence-corrected chi connectivity index (χ2v) is 10.6. The minimum atomic E-state index is -0.0990. The molecule has 204 valence electrons. The van der Waals surface area contributed by atoms with Crippen LogP contribution in [0.25, 0.3) is 16.6 Å². The third kappa shape index (κ3) is 4.01. The van der Waals surface area contributed by atoms with Crippen LogP contribution in [0.3, 0.4) is 0 Å². The number of aryl methyl sites for hydroxylation is 4. The lowest BCUT2D eigenvalue weighted by Crippen LogP contribution is -2.24. The number of hydrogen-bond donors (Lipinski definition) is 0. The summed E-state index contributed by atoms with van der Waals surface area (Å²) >= 11 is 0. The number of fused-ring (bicyclic) bond motifs is 3. The van der Waals surface area contributed by atoms with Crippen molar-refractivity contribution in [3.63, 3.8) is 0 Å². The molecule has 1 aliphatic carbocycles. The molecule has 0 fully saturated rings. The van der Waals surface area contributed by atoms with Crippen molar-refractivity contribution in [3.05, 3.63) is 137 Å². The van der Waals surface area contributed by atoms with E-state index in [9.17, 15) is 4.79 Å². The largest absolute Gasteiger partial charge is 0.289 e. The maximum atomic E-state index is 12.5. The van der Waals surface area contributed by atoms with E-state index in [0.29, 0.717) is 11.3 Å². The minimum absolute atomic E-state index is 0.0990. The van der Waals surface area contributed by atoms with Gasteiger partial charge in [0.15, 0.2) is 17.4 Å². The van der Waals surface area contributed by atoms with E-state index in [2.05, 4.69) is 89.9 Å². The standard InChI is InChI=1S/C35H28N6O/c1-21-9-7-10-22(2)32(21)40-30(18-16-25-15-17-29(42)26-19-36-20-37-31(25)26)41(33-23(3)11-8-12-24(33)4)35-34(40)38-27-13-5-6-14-28(27)39-35/h5-20H,1-4H3/b25-16-. The molecule has 0 bridgehead atoms. The van der Waals surface area contributed by atoms with E-state index in [1.807, 2.05) is 36.4 Å². The quantitative estimate of drug-likeness (QED) is 0.230. The molecule has 2 aliphatic rings. The zero-order valence-corrected chi connectivity index (χ0v) is 23.8. The summed E-state index contributed by atoms with van der Waals surface area (Å²) in [5, 5.41) is 0. The van der Waals surface area contributed by atoms with Gasteiger partial charge in [-0.25, -0.2) is 19.9 Å². The molecule has 0 atom stereocenters. The summed E-state index contributed by atoms with van der Waals surface area (Å²) in [6.45, 7) is 8.49. The highest BCUT2D eigenvalue weighted by atomic mass is 16.1. The molecule has 3 heterocycles. The molecule has 0 spiro atoms. The molecule has 2 aromatic heterocycles. The van der Waals surface area contributed by atoms with Gasteiger partial charge >= 0.3 is 0 Å². The number of carbonyl (C=O) groups excluding carboxylic acids is 1. The molecule has 5 aromatic rings. The van der Waals surface area contributed by atoms with E-state index < -0.39 is 0 Å². The van der Waals surface area contributed by atoms with Gasteiger partial charge in [0.25, 0.3) is 0 Å². The number of anilines is 4. The van der Waals surface area contributed by atoms with Crippen LogP contribution in [0.4, 0.5) is 23.0 Å². The summed E-state index contributed by atoms with van der Waals surface area (Å²) < 4.78 is 0. The molecule has 7 rings (SSSR count). The van der Waals surface area contributed by atoms with Crippen molar-refractivity contribution in [3.8, 4) is 0 Å². The van der Waals surface area contributed by atoms with Crippen LogP contribution in [0.5, 0.6) is 0 Å². The number of carbonyl (C=O) groups is 1. The second kappa shape index (κ2) is 9.89. The van der Waals surface area contributed by atoms with Gasteiger partial charge in [-0.15, -0.1) is 0 Å². The van der Waals surface area contributed by atoms with Crippen LogP contribution in [0.1, 0.15) is 38.3 Å². The predicted octanol–water partition coefficient (Wildman–Crippen LogP) is 7.62. The van der Waals surface area contributed by atoms with Crippen LogP contribution in [0, 0.1) is 27.7 Å². The van der Waals surface area contributed by atoms with Gasteiger partial charge in [-0.1, -0.05) is 48.5 Å². The lowest BCUT2D eigenvalue weighted by Gasteiger charge is -2.28. The highest BCUT2D eigenvalue weighted by Gasteiger charge is 2.39. The van der Waals surface area contributed by atoms with Gasteiger partial charge in [0, 0.05) is 11.8 Å². The summed E-state index contributed by atoms with van der Waals surface area (Å²) in [6.07, 6.45) is 10.5. The first-order valence-electron chi connectivity index (χ1n) is 13.9. The third-order valence-corrected chi connectivity index (χ3v) is 7.82. The van der Waals surface area contributed by atoms with Crippen molar-refractivity contribution in [2.75, 3.05) is 9.80 Å². The predicted molar refractivity (Wildman–Crippen MR) is 167 cm³/mol. The Morgan fingerprint density at radius 3 is 1.76 bits per heavy atom. The molecule has 0 saturated heterocycles. The fraction of sp³-hybridized carbons (Fsp3) is 0.114. The van der Waals surface area contributed by atoms with Gasteiger partial charge in [-0.3, -0.25) is 14.6 Å². The fourth-order valence-electron chi connectivity index (χ4n) is 5.88. The van der Waals surface area contributed by atoms with Crippen LogP contribution in [0.15, 0.2) is 103 Å². The van der Waals surface area contributed by atoms with E-state index in [4.69, 9.17) is 9.97 Å². The molecule has 3 aromatic carbocycles. The number of ketones is 1. The molecule has 0 saturated carbocycles. The average molecular weight is 549 g/mol. The number of rotatable bonds is 3. The molecule has 0 amide bonds. The fourth-order valence-corrected chi connectivity index (χ4v) is 5.88. The summed E-state index contributed by atoms with van der Waals surface area (Å²) in [6, 6.07) is 20.6. The molecular weight excluding hydrogens is 520 g/mol.